The van der Waals surface area contributed by atoms with Crippen LogP contribution < -0.4 is 10.2 Å². The van der Waals surface area contributed by atoms with Gasteiger partial charge in [-0.05, 0) is 30.7 Å². The van der Waals surface area contributed by atoms with E-state index in [2.05, 4.69) is 38.5 Å². The second-order valence-corrected chi connectivity index (χ2v) is 9.88. The van der Waals surface area contributed by atoms with Crippen LogP contribution in [0.3, 0.4) is 0 Å². The lowest BCUT2D eigenvalue weighted by Crippen LogP contribution is -2.49. The summed E-state index contributed by atoms with van der Waals surface area (Å²) in [4.78, 5) is 14.9. The second-order valence-electron chi connectivity index (χ2n) is 8.65. The van der Waals surface area contributed by atoms with Gasteiger partial charge in [-0.25, -0.2) is 4.98 Å². The van der Waals surface area contributed by atoms with Crippen molar-refractivity contribution < 1.29 is 14.7 Å². The number of aryl methyl sites for hydroxylation is 1. The normalized spacial score (nSPS) is 20.5. The van der Waals surface area contributed by atoms with Crippen molar-refractivity contribution in [2.45, 2.75) is 19.1 Å². The van der Waals surface area contributed by atoms with Gasteiger partial charge in [0.2, 0.25) is 0 Å². The van der Waals surface area contributed by atoms with Crippen LogP contribution in [0.5, 0.6) is 5.75 Å². The van der Waals surface area contributed by atoms with Gasteiger partial charge in [-0.2, -0.15) is 0 Å². The first-order chi connectivity index (χ1) is 16.1. The van der Waals surface area contributed by atoms with Crippen LogP contribution in [0.15, 0.2) is 60.3 Å². The summed E-state index contributed by atoms with van der Waals surface area (Å²) in [5, 5.41) is 11.5. The Hall–Kier alpha value is -2.49. The average molecular weight is 467 g/mol. The van der Waals surface area contributed by atoms with Crippen molar-refractivity contribution in [3.63, 3.8) is 0 Å². The number of thiazole rings is 1. The predicted molar refractivity (Wildman–Crippen MR) is 130 cm³/mol. The van der Waals surface area contributed by atoms with Gasteiger partial charge >= 0.3 is 0 Å². The van der Waals surface area contributed by atoms with E-state index in [0.717, 1.165) is 65.0 Å². The SMILES string of the molecule is Cc1nc2cc(OC[C@H](O)CN3CCN(CC4=CC(c5ccccc5)ON4)CC3)ccc2s1. The molecule has 33 heavy (non-hydrogen) atoms. The summed E-state index contributed by atoms with van der Waals surface area (Å²) in [7, 11) is 0. The Morgan fingerprint density at radius 2 is 1.94 bits per heavy atom. The van der Waals surface area contributed by atoms with E-state index >= 15 is 0 Å². The molecule has 0 spiro atoms. The average Bonchev–Trinajstić information content (AvgIpc) is 3.45. The molecule has 1 unspecified atom stereocenters. The van der Waals surface area contributed by atoms with Gasteiger partial charge in [-0.3, -0.25) is 20.1 Å². The van der Waals surface area contributed by atoms with Crippen molar-refractivity contribution in [3.8, 4) is 5.75 Å². The molecular weight excluding hydrogens is 436 g/mol. The van der Waals surface area contributed by atoms with Crippen molar-refractivity contribution >= 4 is 21.6 Å². The number of piperazine rings is 1. The van der Waals surface area contributed by atoms with Crippen molar-refractivity contribution in [2.24, 2.45) is 0 Å². The van der Waals surface area contributed by atoms with Crippen LogP contribution in [0.2, 0.25) is 0 Å². The first-order valence-electron chi connectivity index (χ1n) is 11.4. The minimum Gasteiger partial charge on any atom is -0.491 e. The molecule has 1 aromatic heterocycles. The van der Waals surface area contributed by atoms with Gasteiger partial charge in [0.05, 0.1) is 20.9 Å². The molecule has 0 amide bonds. The number of hydrogen-bond acceptors (Lipinski definition) is 8. The fraction of sp³-hybridized carbons (Fsp3) is 0.400. The Balaban J connectivity index is 1.04. The summed E-state index contributed by atoms with van der Waals surface area (Å²) in [5.74, 6) is 0.755. The highest BCUT2D eigenvalue weighted by atomic mass is 32.1. The third kappa shape index (κ3) is 5.72. The Bertz CT molecular complexity index is 1100. The molecule has 5 rings (SSSR count). The number of hydrogen-bond donors (Lipinski definition) is 2. The molecule has 1 fully saturated rings. The van der Waals surface area contributed by atoms with Gasteiger partial charge in [0, 0.05) is 45.3 Å². The molecular formula is C25H30N4O3S. The Morgan fingerprint density at radius 1 is 1.15 bits per heavy atom. The lowest BCUT2D eigenvalue weighted by atomic mass is 10.1. The third-order valence-corrected chi connectivity index (χ3v) is 6.99. The number of β-amino-alcohol motifs (C(OH)–C–C–N with tert-alkyl or cyclic N) is 1. The zero-order chi connectivity index (χ0) is 22.6. The number of aliphatic hydroxyl groups excluding tert-OH is 1. The number of ether oxygens (including phenoxy) is 1. The van der Waals surface area contributed by atoms with Crippen LogP contribution in [0.4, 0.5) is 0 Å². The highest BCUT2D eigenvalue weighted by Crippen LogP contribution is 2.26. The highest BCUT2D eigenvalue weighted by Gasteiger charge is 2.23. The Kier molecular flexibility index (Phi) is 6.89. The van der Waals surface area contributed by atoms with Gasteiger partial charge in [0.15, 0.2) is 0 Å². The summed E-state index contributed by atoms with van der Waals surface area (Å²) in [5.41, 5.74) is 6.30. The van der Waals surface area contributed by atoms with E-state index in [1.165, 1.54) is 0 Å². The summed E-state index contributed by atoms with van der Waals surface area (Å²) in [6.07, 6.45) is 1.61. The van der Waals surface area contributed by atoms with Gasteiger partial charge in [-0.15, -0.1) is 11.3 Å². The second kappa shape index (κ2) is 10.2. The molecule has 174 valence electrons. The van der Waals surface area contributed by atoms with Crippen LogP contribution in [0.25, 0.3) is 10.2 Å². The van der Waals surface area contributed by atoms with E-state index in [1.807, 2.05) is 43.3 Å². The van der Waals surface area contributed by atoms with E-state index in [9.17, 15) is 5.11 Å². The first kappa shape index (κ1) is 22.3. The summed E-state index contributed by atoms with van der Waals surface area (Å²) < 4.78 is 6.99. The zero-order valence-corrected chi connectivity index (χ0v) is 19.6. The van der Waals surface area contributed by atoms with Crippen molar-refractivity contribution in [2.75, 3.05) is 45.9 Å². The number of aliphatic hydroxyl groups is 1. The minimum atomic E-state index is -0.524. The maximum absolute atomic E-state index is 10.5. The summed E-state index contributed by atoms with van der Waals surface area (Å²) in [6.45, 7) is 7.53. The van der Waals surface area contributed by atoms with Crippen molar-refractivity contribution in [1.82, 2.24) is 20.3 Å². The quantitative estimate of drug-likeness (QED) is 0.529. The molecule has 1 saturated heterocycles. The fourth-order valence-corrected chi connectivity index (χ4v) is 5.12. The zero-order valence-electron chi connectivity index (χ0n) is 18.8. The van der Waals surface area contributed by atoms with Gasteiger partial charge in [0.1, 0.15) is 24.6 Å². The molecule has 7 nitrogen and oxygen atoms in total. The number of fused-ring (bicyclic) bond motifs is 1. The monoisotopic (exact) mass is 466 g/mol. The number of benzene rings is 2. The van der Waals surface area contributed by atoms with E-state index in [1.54, 1.807) is 11.3 Å². The van der Waals surface area contributed by atoms with Crippen LogP contribution in [-0.4, -0.2) is 71.9 Å². The third-order valence-electron chi connectivity index (χ3n) is 6.03. The molecule has 0 radical (unpaired) electrons. The molecule has 0 bridgehead atoms. The van der Waals surface area contributed by atoms with Crippen LogP contribution in [0.1, 0.15) is 16.7 Å². The largest absolute Gasteiger partial charge is 0.491 e. The number of rotatable bonds is 8. The van der Waals surface area contributed by atoms with E-state index in [4.69, 9.17) is 9.57 Å². The molecule has 3 aromatic rings. The molecule has 0 saturated carbocycles. The fourth-order valence-electron chi connectivity index (χ4n) is 4.31. The number of nitrogens with one attached hydrogen (secondary N) is 1. The molecule has 2 N–H and O–H groups in total. The lowest BCUT2D eigenvalue weighted by Gasteiger charge is -2.35. The molecule has 8 heteroatoms. The highest BCUT2D eigenvalue weighted by molar-refractivity contribution is 7.18. The minimum absolute atomic E-state index is 0.0297. The van der Waals surface area contributed by atoms with Crippen LogP contribution in [0, 0.1) is 6.92 Å². The molecule has 2 aromatic carbocycles. The lowest BCUT2D eigenvalue weighted by molar-refractivity contribution is 0.0327. The van der Waals surface area contributed by atoms with Gasteiger partial charge in [0.25, 0.3) is 0 Å². The van der Waals surface area contributed by atoms with Crippen molar-refractivity contribution in [3.05, 3.63) is 70.9 Å². The topological polar surface area (TPSA) is 70.1 Å². The Morgan fingerprint density at radius 3 is 2.76 bits per heavy atom. The van der Waals surface area contributed by atoms with E-state index < -0.39 is 6.10 Å². The van der Waals surface area contributed by atoms with Crippen LogP contribution in [-0.2, 0) is 4.84 Å². The van der Waals surface area contributed by atoms with E-state index in [0.29, 0.717) is 6.54 Å². The maximum Gasteiger partial charge on any atom is 0.131 e. The molecule has 2 atom stereocenters. The summed E-state index contributed by atoms with van der Waals surface area (Å²) >= 11 is 1.68. The Labute approximate surface area is 198 Å². The standard InChI is InChI=1S/C25H30N4O3S/c1-18-26-23-14-22(7-8-25(23)33-18)31-17-21(30)16-29-11-9-28(10-12-29)15-20-13-24(32-27-20)19-5-3-2-4-6-19/h2-8,13-14,21,24,27,30H,9-12,15-17H2,1H3/t21-,24?/m1/s1. The summed E-state index contributed by atoms with van der Waals surface area (Å²) in [6, 6.07) is 16.2. The molecule has 2 aliphatic rings. The number of aromatic nitrogens is 1. The van der Waals surface area contributed by atoms with Gasteiger partial charge in [-0.1, -0.05) is 30.3 Å². The van der Waals surface area contributed by atoms with Crippen LogP contribution >= 0.6 is 11.3 Å². The van der Waals surface area contributed by atoms with Gasteiger partial charge < -0.3 is 9.84 Å². The predicted octanol–water partition coefficient (Wildman–Crippen LogP) is 3.12. The smallest absolute Gasteiger partial charge is 0.131 e. The molecule has 2 aliphatic heterocycles. The number of nitrogens with zero attached hydrogens (tertiary/aromatic N) is 3. The molecule has 0 aliphatic carbocycles. The maximum atomic E-state index is 10.5. The van der Waals surface area contributed by atoms with Crippen molar-refractivity contribution in [1.29, 1.82) is 0 Å². The van der Waals surface area contributed by atoms with E-state index in [-0.39, 0.29) is 12.7 Å². The molecule has 3 heterocycles. The number of hydroxylamine groups is 1. The first-order valence-corrected chi connectivity index (χ1v) is 12.2.